The molecule has 0 amide bonds. The van der Waals surface area contributed by atoms with Gasteiger partial charge in [-0.25, -0.2) is 0 Å². The molecule has 0 radical (unpaired) electrons. The molecule has 1 aromatic carbocycles. The second-order valence-electron chi connectivity index (χ2n) is 4.15. The van der Waals surface area contributed by atoms with Crippen LogP contribution in [0, 0.1) is 6.92 Å². The number of rotatable bonds is 5. The van der Waals surface area contributed by atoms with E-state index in [0.29, 0.717) is 5.96 Å². The van der Waals surface area contributed by atoms with Crippen LogP contribution in [0.25, 0.3) is 0 Å². The maximum Gasteiger partial charge on any atom is 0.191 e. The molecule has 4 heteroatoms. The Hall–Kier alpha value is -0.780. The number of hydrogen-bond acceptors (Lipinski definition) is 1. The first-order chi connectivity index (χ1) is 8.17. The van der Waals surface area contributed by atoms with Gasteiger partial charge in [0.25, 0.3) is 0 Å². The van der Waals surface area contributed by atoms with Gasteiger partial charge in [-0.15, -0.1) is 24.0 Å². The molecule has 0 aromatic heterocycles. The number of hydrogen-bond donors (Lipinski definition) is 1. The van der Waals surface area contributed by atoms with E-state index in [9.17, 15) is 0 Å². The Kier molecular flexibility index (Phi) is 8.79. The van der Waals surface area contributed by atoms with Gasteiger partial charge < -0.3 is 10.6 Å². The minimum atomic E-state index is 0. The van der Waals surface area contributed by atoms with Crippen LogP contribution in [0.1, 0.15) is 25.0 Å². The Morgan fingerprint density at radius 3 is 2.22 bits per heavy atom. The number of halogens is 1. The molecular weight excluding hydrogens is 337 g/mol. The van der Waals surface area contributed by atoms with Gasteiger partial charge in [0.2, 0.25) is 0 Å². The Morgan fingerprint density at radius 1 is 1.17 bits per heavy atom. The minimum Gasteiger partial charge on any atom is -0.370 e. The molecule has 3 nitrogen and oxygen atoms in total. The summed E-state index contributed by atoms with van der Waals surface area (Å²) in [6, 6.07) is 8.57. The van der Waals surface area contributed by atoms with Gasteiger partial charge in [-0.05, 0) is 32.8 Å². The minimum absolute atomic E-state index is 0. The summed E-state index contributed by atoms with van der Waals surface area (Å²) in [5.41, 5.74) is 8.51. The Labute approximate surface area is 127 Å². The van der Waals surface area contributed by atoms with Crippen LogP contribution in [0.4, 0.5) is 0 Å². The third-order valence-corrected chi connectivity index (χ3v) is 2.88. The number of guanidine groups is 1. The molecule has 0 saturated carbocycles. The summed E-state index contributed by atoms with van der Waals surface area (Å²) < 4.78 is 0. The smallest absolute Gasteiger partial charge is 0.191 e. The van der Waals surface area contributed by atoms with Crippen LogP contribution in [-0.4, -0.2) is 30.5 Å². The van der Waals surface area contributed by atoms with E-state index in [2.05, 4.69) is 54.9 Å². The van der Waals surface area contributed by atoms with Crippen LogP contribution < -0.4 is 5.73 Å². The quantitative estimate of drug-likeness (QED) is 0.498. The average molecular weight is 361 g/mol. The molecule has 18 heavy (non-hydrogen) atoms. The number of aliphatic imine (C=N–C) groups is 1. The molecule has 0 unspecified atom stereocenters. The summed E-state index contributed by atoms with van der Waals surface area (Å²) in [7, 11) is 0. The van der Waals surface area contributed by atoms with E-state index in [1.54, 1.807) is 0 Å². The van der Waals surface area contributed by atoms with Crippen LogP contribution in [0.5, 0.6) is 0 Å². The monoisotopic (exact) mass is 361 g/mol. The van der Waals surface area contributed by atoms with Gasteiger partial charge >= 0.3 is 0 Å². The van der Waals surface area contributed by atoms with E-state index in [-0.39, 0.29) is 24.0 Å². The number of aryl methyl sites for hydroxylation is 1. The fraction of sp³-hybridized carbons (Fsp3) is 0.500. The first-order valence-electron chi connectivity index (χ1n) is 6.27. The zero-order valence-electron chi connectivity index (χ0n) is 11.5. The molecule has 0 atom stereocenters. The predicted octanol–water partition coefficient (Wildman–Crippen LogP) is 2.81. The Morgan fingerprint density at radius 2 is 1.72 bits per heavy atom. The molecule has 0 aliphatic carbocycles. The van der Waals surface area contributed by atoms with Crippen LogP contribution in [0.2, 0.25) is 0 Å². The molecule has 0 heterocycles. The normalized spacial score (nSPS) is 10.9. The first kappa shape index (κ1) is 17.2. The van der Waals surface area contributed by atoms with Crippen molar-refractivity contribution in [1.29, 1.82) is 0 Å². The van der Waals surface area contributed by atoms with Gasteiger partial charge in [0.05, 0.1) is 0 Å². The van der Waals surface area contributed by atoms with E-state index in [4.69, 9.17) is 5.73 Å². The lowest BCUT2D eigenvalue weighted by molar-refractivity contribution is 0.458. The van der Waals surface area contributed by atoms with Crippen molar-refractivity contribution in [3.8, 4) is 0 Å². The van der Waals surface area contributed by atoms with Gasteiger partial charge in [-0.2, -0.15) is 0 Å². The van der Waals surface area contributed by atoms with Crippen molar-refractivity contribution >= 4 is 29.9 Å². The highest BCUT2D eigenvalue weighted by atomic mass is 127. The van der Waals surface area contributed by atoms with E-state index in [0.717, 1.165) is 26.1 Å². The zero-order valence-corrected chi connectivity index (χ0v) is 13.8. The standard InChI is InChI=1S/C14H23N3.HI/c1-4-17(5-2)14(15)16-11-10-13-8-6-12(3)7-9-13;/h6-9H,4-5,10-11H2,1-3H3,(H2,15,16);1H. The Bertz CT molecular complexity index is 356. The molecular formula is C14H24IN3. The van der Waals surface area contributed by atoms with Gasteiger partial charge in [0.15, 0.2) is 5.96 Å². The van der Waals surface area contributed by atoms with E-state index in [1.165, 1.54) is 11.1 Å². The van der Waals surface area contributed by atoms with Gasteiger partial charge in [0, 0.05) is 19.6 Å². The van der Waals surface area contributed by atoms with Crippen LogP contribution in [-0.2, 0) is 6.42 Å². The molecule has 102 valence electrons. The second-order valence-corrected chi connectivity index (χ2v) is 4.15. The summed E-state index contributed by atoms with van der Waals surface area (Å²) in [6.45, 7) is 8.86. The molecule has 1 rings (SSSR count). The molecule has 0 spiro atoms. The van der Waals surface area contributed by atoms with Crippen molar-refractivity contribution in [1.82, 2.24) is 4.90 Å². The zero-order chi connectivity index (χ0) is 12.7. The van der Waals surface area contributed by atoms with Crippen LogP contribution >= 0.6 is 24.0 Å². The summed E-state index contributed by atoms with van der Waals surface area (Å²) in [6.07, 6.45) is 0.947. The summed E-state index contributed by atoms with van der Waals surface area (Å²) >= 11 is 0. The van der Waals surface area contributed by atoms with Crippen molar-refractivity contribution in [2.45, 2.75) is 27.2 Å². The largest absolute Gasteiger partial charge is 0.370 e. The van der Waals surface area contributed by atoms with E-state index < -0.39 is 0 Å². The van der Waals surface area contributed by atoms with Crippen molar-refractivity contribution < 1.29 is 0 Å². The summed E-state index contributed by atoms with van der Waals surface area (Å²) in [5, 5.41) is 0. The molecule has 0 aliphatic heterocycles. The molecule has 0 fully saturated rings. The fourth-order valence-corrected chi connectivity index (χ4v) is 1.70. The van der Waals surface area contributed by atoms with Crippen molar-refractivity contribution in [2.24, 2.45) is 10.7 Å². The summed E-state index contributed by atoms with van der Waals surface area (Å²) in [4.78, 5) is 6.47. The molecule has 0 bridgehead atoms. The number of nitrogens with two attached hydrogens (primary N) is 1. The Balaban J connectivity index is 0.00000289. The van der Waals surface area contributed by atoms with E-state index in [1.807, 2.05) is 0 Å². The van der Waals surface area contributed by atoms with E-state index >= 15 is 0 Å². The molecule has 2 N–H and O–H groups in total. The maximum atomic E-state index is 5.90. The van der Waals surface area contributed by atoms with Crippen LogP contribution in [0.15, 0.2) is 29.3 Å². The molecule has 1 aromatic rings. The third kappa shape index (κ3) is 5.71. The van der Waals surface area contributed by atoms with Gasteiger partial charge in [0.1, 0.15) is 0 Å². The van der Waals surface area contributed by atoms with Crippen molar-refractivity contribution in [3.63, 3.8) is 0 Å². The molecule has 0 saturated heterocycles. The SMILES string of the molecule is CCN(CC)C(N)=NCCc1ccc(C)cc1.I. The van der Waals surface area contributed by atoms with Gasteiger partial charge in [-0.1, -0.05) is 29.8 Å². The van der Waals surface area contributed by atoms with Crippen molar-refractivity contribution in [2.75, 3.05) is 19.6 Å². The number of nitrogens with zero attached hydrogens (tertiary/aromatic N) is 2. The molecule has 0 aliphatic rings. The third-order valence-electron chi connectivity index (χ3n) is 2.88. The summed E-state index contributed by atoms with van der Waals surface area (Å²) in [5.74, 6) is 0.655. The topological polar surface area (TPSA) is 41.6 Å². The lowest BCUT2D eigenvalue weighted by atomic mass is 10.1. The predicted molar refractivity (Wildman–Crippen MR) is 89.7 cm³/mol. The average Bonchev–Trinajstić information content (AvgIpc) is 2.33. The number of benzene rings is 1. The highest BCUT2D eigenvalue weighted by Gasteiger charge is 2.01. The highest BCUT2D eigenvalue weighted by Crippen LogP contribution is 2.03. The highest BCUT2D eigenvalue weighted by molar-refractivity contribution is 14.0. The lowest BCUT2D eigenvalue weighted by Gasteiger charge is -2.19. The first-order valence-corrected chi connectivity index (χ1v) is 6.27. The fourth-order valence-electron chi connectivity index (χ4n) is 1.70. The van der Waals surface area contributed by atoms with Crippen LogP contribution in [0.3, 0.4) is 0 Å². The van der Waals surface area contributed by atoms with Crippen molar-refractivity contribution in [3.05, 3.63) is 35.4 Å². The lowest BCUT2D eigenvalue weighted by Crippen LogP contribution is -2.37. The maximum absolute atomic E-state index is 5.90. The van der Waals surface area contributed by atoms with Gasteiger partial charge in [-0.3, -0.25) is 4.99 Å². The second kappa shape index (κ2) is 9.19.